The first-order chi connectivity index (χ1) is 8.13. The first kappa shape index (κ1) is 11.2. The monoisotopic (exact) mass is 238 g/mol. The molecule has 2 saturated carbocycles. The Labute approximate surface area is 101 Å². The van der Waals surface area contributed by atoms with E-state index in [1.54, 1.807) is 6.92 Å². The van der Waals surface area contributed by atoms with Gasteiger partial charge in [-0.15, -0.1) is 0 Å². The standard InChI is InChI=1S/C13H18O4/c1-6(2)13(15)17-12-7-3-8-10(9(7)4-14)5-16-11(8)12/h7-12,14H,1,3-5H2,2H3. The number of rotatable bonds is 3. The highest BCUT2D eigenvalue weighted by atomic mass is 16.6. The molecule has 0 radical (unpaired) electrons. The van der Waals surface area contributed by atoms with Crippen LogP contribution in [0.25, 0.3) is 0 Å². The summed E-state index contributed by atoms with van der Waals surface area (Å²) >= 11 is 0. The fraction of sp³-hybridized carbons (Fsp3) is 0.769. The van der Waals surface area contributed by atoms with Crippen LogP contribution >= 0.6 is 0 Å². The van der Waals surface area contributed by atoms with Crippen molar-refractivity contribution >= 4 is 5.97 Å². The van der Waals surface area contributed by atoms with Crippen LogP contribution in [0.2, 0.25) is 0 Å². The Kier molecular flexibility index (Phi) is 2.52. The molecular formula is C13H18O4. The van der Waals surface area contributed by atoms with E-state index in [4.69, 9.17) is 9.47 Å². The number of carbonyl (C=O) groups is 1. The average Bonchev–Trinajstić information content (AvgIpc) is 2.88. The van der Waals surface area contributed by atoms with Gasteiger partial charge in [0, 0.05) is 18.1 Å². The lowest BCUT2D eigenvalue weighted by molar-refractivity contribution is -0.154. The van der Waals surface area contributed by atoms with Crippen LogP contribution < -0.4 is 0 Å². The van der Waals surface area contributed by atoms with Crippen molar-refractivity contribution in [3.05, 3.63) is 12.2 Å². The Balaban J connectivity index is 1.78. The van der Waals surface area contributed by atoms with Crippen molar-refractivity contribution < 1.29 is 19.4 Å². The van der Waals surface area contributed by atoms with Gasteiger partial charge in [-0.3, -0.25) is 0 Å². The molecule has 1 aliphatic heterocycles. The van der Waals surface area contributed by atoms with E-state index in [1.807, 2.05) is 0 Å². The molecule has 3 aliphatic rings. The summed E-state index contributed by atoms with van der Waals surface area (Å²) in [7, 11) is 0. The molecule has 17 heavy (non-hydrogen) atoms. The lowest BCUT2D eigenvalue weighted by Gasteiger charge is -2.31. The molecule has 3 rings (SSSR count). The van der Waals surface area contributed by atoms with E-state index in [0.717, 1.165) is 6.42 Å². The molecular weight excluding hydrogens is 220 g/mol. The predicted molar refractivity (Wildman–Crippen MR) is 60.1 cm³/mol. The Morgan fingerprint density at radius 2 is 2.24 bits per heavy atom. The summed E-state index contributed by atoms with van der Waals surface area (Å²) in [6, 6.07) is 0. The highest BCUT2D eigenvalue weighted by Gasteiger charge is 2.63. The average molecular weight is 238 g/mol. The number of ether oxygens (including phenoxy) is 2. The number of carbonyl (C=O) groups excluding carboxylic acids is 1. The van der Waals surface area contributed by atoms with Crippen LogP contribution in [0.1, 0.15) is 13.3 Å². The van der Waals surface area contributed by atoms with E-state index in [-0.39, 0.29) is 36.6 Å². The number of aliphatic hydroxyl groups excluding tert-OH is 1. The van der Waals surface area contributed by atoms with Crippen LogP contribution in [0.15, 0.2) is 12.2 Å². The number of hydrogen-bond acceptors (Lipinski definition) is 4. The molecule has 6 unspecified atom stereocenters. The van der Waals surface area contributed by atoms with Crippen molar-refractivity contribution in [2.75, 3.05) is 13.2 Å². The zero-order chi connectivity index (χ0) is 12.2. The largest absolute Gasteiger partial charge is 0.456 e. The lowest BCUT2D eigenvalue weighted by Crippen LogP contribution is -2.41. The van der Waals surface area contributed by atoms with Crippen molar-refractivity contribution in [1.29, 1.82) is 0 Å². The van der Waals surface area contributed by atoms with Crippen LogP contribution in [-0.4, -0.2) is 36.5 Å². The van der Waals surface area contributed by atoms with Gasteiger partial charge in [-0.25, -0.2) is 4.79 Å². The number of hydrogen-bond donors (Lipinski definition) is 1. The van der Waals surface area contributed by atoms with E-state index in [9.17, 15) is 9.90 Å². The Morgan fingerprint density at radius 1 is 1.47 bits per heavy atom. The molecule has 4 heteroatoms. The van der Waals surface area contributed by atoms with Gasteiger partial charge in [0.1, 0.15) is 6.10 Å². The molecule has 2 aliphatic carbocycles. The van der Waals surface area contributed by atoms with Crippen LogP contribution in [0.5, 0.6) is 0 Å². The Hall–Kier alpha value is -0.870. The van der Waals surface area contributed by atoms with Gasteiger partial charge in [-0.1, -0.05) is 6.58 Å². The molecule has 1 heterocycles. The topological polar surface area (TPSA) is 55.8 Å². The van der Waals surface area contributed by atoms with Crippen LogP contribution in [0.4, 0.5) is 0 Å². The summed E-state index contributed by atoms with van der Waals surface area (Å²) in [4.78, 5) is 11.6. The maximum atomic E-state index is 11.6. The van der Waals surface area contributed by atoms with Crippen LogP contribution in [0.3, 0.4) is 0 Å². The zero-order valence-electron chi connectivity index (χ0n) is 9.96. The summed E-state index contributed by atoms with van der Waals surface area (Å²) in [5.74, 6) is 1.11. The normalized spacial score (nSPS) is 46.2. The molecule has 6 atom stereocenters. The van der Waals surface area contributed by atoms with Crippen molar-refractivity contribution in [1.82, 2.24) is 0 Å². The molecule has 0 aromatic carbocycles. The van der Waals surface area contributed by atoms with Gasteiger partial charge in [0.15, 0.2) is 0 Å². The summed E-state index contributed by atoms with van der Waals surface area (Å²) in [6.45, 7) is 6.12. The third kappa shape index (κ3) is 1.47. The summed E-state index contributed by atoms with van der Waals surface area (Å²) in [5.41, 5.74) is 0.419. The summed E-state index contributed by atoms with van der Waals surface area (Å²) in [5, 5.41) is 9.46. The maximum absolute atomic E-state index is 11.6. The predicted octanol–water partition coefficient (Wildman–Crippen LogP) is 0.747. The number of fused-ring (bicyclic) bond motifs is 1. The molecule has 94 valence electrons. The molecule has 0 amide bonds. The molecule has 3 fully saturated rings. The summed E-state index contributed by atoms with van der Waals surface area (Å²) in [6.07, 6.45) is 0.894. The second-order valence-electron chi connectivity index (χ2n) is 5.52. The molecule has 0 aromatic heterocycles. The fourth-order valence-electron chi connectivity index (χ4n) is 3.88. The SMILES string of the molecule is C=C(C)C(=O)OC1C2CC3C(COC31)C2CO. The highest BCUT2D eigenvalue weighted by molar-refractivity contribution is 5.87. The Bertz CT molecular complexity index is 364. The molecule has 0 aromatic rings. The second kappa shape index (κ2) is 3.82. The van der Waals surface area contributed by atoms with Crippen LogP contribution in [0, 0.1) is 23.7 Å². The third-order valence-corrected chi connectivity index (χ3v) is 4.65. The van der Waals surface area contributed by atoms with Crippen LogP contribution in [-0.2, 0) is 14.3 Å². The van der Waals surface area contributed by atoms with Gasteiger partial charge in [0.25, 0.3) is 0 Å². The fourth-order valence-corrected chi connectivity index (χ4v) is 3.88. The van der Waals surface area contributed by atoms with E-state index in [0.29, 0.717) is 24.0 Å². The maximum Gasteiger partial charge on any atom is 0.333 e. The zero-order valence-corrected chi connectivity index (χ0v) is 9.96. The van der Waals surface area contributed by atoms with E-state index in [1.165, 1.54) is 0 Å². The quantitative estimate of drug-likeness (QED) is 0.582. The third-order valence-electron chi connectivity index (χ3n) is 4.65. The van der Waals surface area contributed by atoms with Crippen molar-refractivity contribution in [3.8, 4) is 0 Å². The smallest absolute Gasteiger partial charge is 0.333 e. The van der Waals surface area contributed by atoms with E-state index in [2.05, 4.69) is 6.58 Å². The van der Waals surface area contributed by atoms with Crippen molar-refractivity contribution in [3.63, 3.8) is 0 Å². The molecule has 1 saturated heterocycles. The highest BCUT2D eigenvalue weighted by Crippen LogP contribution is 2.57. The minimum atomic E-state index is -0.341. The summed E-state index contributed by atoms with van der Waals surface area (Å²) < 4.78 is 11.2. The van der Waals surface area contributed by atoms with Gasteiger partial charge in [0.2, 0.25) is 0 Å². The van der Waals surface area contributed by atoms with E-state index >= 15 is 0 Å². The number of esters is 1. The van der Waals surface area contributed by atoms with Gasteiger partial charge >= 0.3 is 5.97 Å². The number of aliphatic hydroxyl groups is 1. The van der Waals surface area contributed by atoms with Crippen molar-refractivity contribution in [2.45, 2.75) is 25.6 Å². The minimum Gasteiger partial charge on any atom is -0.456 e. The minimum absolute atomic E-state index is 0.0519. The molecule has 2 bridgehead atoms. The van der Waals surface area contributed by atoms with E-state index < -0.39 is 0 Å². The molecule has 0 spiro atoms. The van der Waals surface area contributed by atoms with Gasteiger partial charge in [-0.05, 0) is 31.1 Å². The van der Waals surface area contributed by atoms with Gasteiger partial charge in [-0.2, -0.15) is 0 Å². The van der Waals surface area contributed by atoms with Gasteiger partial charge < -0.3 is 14.6 Å². The second-order valence-corrected chi connectivity index (χ2v) is 5.52. The molecule has 1 N–H and O–H groups in total. The first-order valence-corrected chi connectivity index (χ1v) is 6.22. The molecule has 4 nitrogen and oxygen atoms in total. The lowest BCUT2D eigenvalue weighted by atomic mass is 9.79. The van der Waals surface area contributed by atoms with Crippen molar-refractivity contribution in [2.24, 2.45) is 23.7 Å². The Morgan fingerprint density at radius 3 is 2.88 bits per heavy atom. The van der Waals surface area contributed by atoms with Gasteiger partial charge in [0.05, 0.1) is 12.7 Å². The first-order valence-electron chi connectivity index (χ1n) is 6.22.